The first-order valence-corrected chi connectivity index (χ1v) is 5.84. The van der Waals surface area contributed by atoms with Crippen molar-refractivity contribution in [3.05, 3.63) is 29.7 Å². The zero-order valence-electron chi connectivity index (χ0n) is 10.3. The van der Waals surface area contributed by atoms with Gasteiger partial charge in [0.2, 0.25) is 5.89 Å². The summed E-state index contributed by atoms with van der Waals surface area (Å²) in [7, 11) is 0. The van der Waals surface area contributed by atoms with Crippen LogP contribution in [0.25, 0.3) is 0 Å². The maximum absolute atomic E-state index is 11.8. The first-order valence-electron chi connectivity index (χ1n) is 5.84. The third-order valence-corrected chi connectivity index (χ3v) is 2.65. The molecule has 2 aromatic rings. The summed E-state index contributed by atoms with van der Waals surface area (Å²) < 4.78 is 10.7. The third kappa shape index (κ3) is 2.35. The van der Waals surface area contributed by atoms with Crippen LogP contribution in [0, 0.1) is 6.92 Å². The minimum atomic E-state index is -0.155. The molecule has 1 aliphatic rings. The standard InChI is InChI=1S/C12H12N4O3/c1-7-15-16-12(19-7)14-8-2-3-10-9(6-8)11(17)13-4-5-18-10/h2-3,6H,4-5H2,1H3,(H,13,17)(H,14,16). The van der Waals surface area contributed by atoms with E-state index in [2.05, 4.69) is 20.8 Å². The Balaban J connectivity index is 1.89. The summed E-state index contributed by atoms with van der Waals surface area (Å²) >= 11 is 0. The van der Waals surface area contributed by atoms with Gasteiger partial charge in [0.15, 0.2) is 0 Å². The maximum atomic E-state index is 11.8. The molecule has 1 aromatic carbocycles. The normalized spacial score (nSPS) is 14.1. The van der Waals surface area contributed by atoms with E-state index in [4.69, 9.17) is 9.15 Å². The van der Waals surface area contributed by atoms with Crippen LogP contribution in [-0.4, -0.2) is 29.3 Å². The van der Waals surface area contributed by atoms with E-state index in [0.29, 0.717) is 36.0 Å². The molecule has 7 nitrogen and oxygen atoms in total. The largest absolute Gasteiger partial charge is 0.491 e. The smallest absolute Gasteiger partial charge is 0.320 e. The minimum absolute atomic E-state index is 0.155. The Morgan fingerprint density at radius 3 is 3.05 bits per heavy atom. The van der Waals surface area contributed by atoms with Crippen LogP contribution in [0.15, 0.2) is 22.6 Å². The van der Waals surface area contributed by atoms with E-state index in [0.717, 1.165) is 0 Å². The number of hydrogen-bond acceptors (Lipinski definition) is 6. The molecule has 0 saturated heterocycles. The quantitative estimate of drug-likeness (QED) is 0.844. The number of nitrogens with one attached hydrogen (secondary N) is 2. The molecule has 1 amide bonds. The van der Waals surface area contributed by atoms with Crippen molar-refractivity contribution < 1.29 is 13.9 Å². The maximum Gasteiger partial charge on any atom is 0.320 e. The molecular weight excluding hydrogens is 248 g/mol. The van der Waals surface area contributed by atoms with Gasteiger partial charge in [-0.1, -0.05) is 5.10 Å². The summed E-state index contributed by atoms with van der Waals surface area (Å²) in [5.74, 6) is 0.887. The van der Waals surface area contributed by atoms with E-state index in [1.165, 1.54) is 0 Å². The lowest BCUT2D eigenvalue weighted by Crippen LogP contribution is -2.24. The van der Waals surface area contributed by atoms with Crippen LogP contribution < -0.4 is 15.4 Å². The van der Waals surface area contributed by atoms with Crippen LogP contribution in [0.2, 0.25) is 0 Å². The number of aromatic nitrogens is 2. The monoisotopic (exact) mass is 260 g/mol. The Kier molecular flexibility index (Phi) is 2.79. The van der Waals surface area contributed by atoms with Crippen molar-refractivity contribution in [1.82, 2.24) is 15.5 Å². The highest BCUT2D eigenvalue weighted by Crippen LogP contribution is 2.25. The number of nitrogens with zero attached hydrogens (tertiary/aromatic N) is 2. The van der Waals surface area contributed by atoms with Crippen molar-refractivity contribution in [1.29, 1.82) is 0 Å². The molecule has 98 valence electrons. The minimum Gasteiger partial charge on any atom is -0.491 e. The Morgan fingerprint density at radius 1 is 1.37 bits per heavy atom. The molecule has 0 bridgehead atoms. The topological polar surface area (TPSA) is 89.3 Å². The van der Waals surface area contributed by atoms with Gasteiger partial charge in [-0.05, 0) is 18.2 Å². The first kappa shape index (κ1) is 11.5. The lowest BCUT2D eigenvalue weighted by molar-refractivity contribution is 0.0957. The Bertz CT molecular complexity index is 623. The van der Waals surface area contributed by atoms with E-state index < -0.39 is 0 Å². The molecule has 0 unspecified atom stereocenters. The van der Waals surface area contributed by atoms with Gasteiger partial charge in [0.05, 0.1) is 12.1 Å². The fourth-order valence-corrected chi connectivity index (χ4v) is 1.80. The zero-order valence-corrected chi connectivity index (χ0v) is 10.3. The van der Waals surface area contributed by atoms with E-state index in [1.54, 1.807) is 25.1 Å². The van der Waals surface area contributed by atoms with Crippen molar-refractivity contribution in [2.45, 2.75) is 6.92 Å². The number of anilines is 2. The second-order valence-corrected chi connectivity index (χ2v) is 4.07. The summed E-state index contributed by atoms with van der Waals surface area (Å²) in [6.45, 7) is 2.67. The molecule has 0 saturated carbocycles. The first-order chi connectivity index (χ1) is 9.22. The van der Waals surface area contributed by atoms with Crippen LogP contribution in [0.4, 0.5) is 11.7 Å². The number of amides is 1. The van der Waals surface area contributed by atoms with Crippen LogP contribution in [0.5, 0.6) is 5.75 Å². The van der Waals surface area contributed by atoms with Gasteiger partial charge in [0, 0.05) is 12.6 Å². The summed E-state index contributed by atoms with van der Waals surface area (Å²) in [6.07, 6.45) is 0. The van der Waals surface area contributed by atoms with Crippen molar-refractivity contribution in [2.75, 3.05) is 18.5 Å². The number of benzene rings is 1. The molecule has 1 aliphatic heterocycles. The van der Waals surface area contributed by atoms with Gasteiger partial charge in [-0.3, -0.25) is 4.79 Å². The van der Waals surface area contributed by atoms with Gasteiger partial charge >= 0.3 is 6.01 Å². The van der Waals surface area contributed by atoms with E-state index in [1.807, 2.05) is 0 Å². The van der Waals surface area contributed by atoms with E-state index >= 15 is 0 Å². The van der Waals surface area contributed by atoms with Gasteiger partial charge in [0.1, 0.15) is 12.4 Å². The molecule has 1 aromatic heterocycles. The molecule has 0 fully saturated rings. The van der Waals surface area contributed by atoms with Crippen LogP contribution in [-0.2, 0) is 0 Å². The number of carbonyl (C=O) groups is 1. The van der Waals surface area contributed by atoms with Gasteiger partial charge in [-0.25, -0.2) is 0 Å². The molecule has 0 spiro atoms. The SMILES string of the molecule is Cc1nnc(Nc2ccc3c(c2)C(=O)NCCO3)o1. The lowest BCUT2D eigenvalue weighted by Gasteiger charge is -2.07. The lowest BCUT2D eigenvalue weighted by atomic mass is 10.1. The van der Waals surface area contributed by atoms with Gasteiger partial charge in [-0.2, -0.15) is 0 Å². The highest BCUT2D eigenvalue weighted by Gasteiger charge is 2.17. The number of fused-ring (bicyclic) bond motifs is 1. The number of rotatable bonds is 2. The van der Waals surface area contributed by atoms with Crippen LogP contribution in [0.3, 0.4) is 0 Å². The molecule has 7 heteroatoms. The molecular formula is C12H12N4O3. The number of carbonyl (C=O) groups excluding carboxylic acids is 1. The average Bonchev–Trinajstić information content (AvgIpc) is 2.71. The predicted octanol–water partition coefficient (Wildman–Crippen LogP) is 1.24. The van der Waals surface area contributed by atoms with Gasteiger partial charge in [0.25, 0.3) is 5.91 Å². The van der Waals surface area contributed by atoms with E-state index in [9.17, 15) is 4.79 Å². The molecule has 19 heavy (non-hydrogen) atoms. The molecule has 3 rings (SSSR count). The van der Waals surface area contributed by atoms with E-state index in [-0.39, 0.29) is 11.9 Å². The van der Waals surface area contributed by atoms with Gasteiger partial charge in [-0.15, -0.1) is 5.10 Å². The number of aryl methyl sites for hydroxylation is 1. The highest BCUT2D eigenvalue weighted by molar-refractivity contribution is 5.98. The summed E-state index contributed by atoms with van der Waals surface area (Å²) in [4.78, 5) is 11.8. The zero-order chi connectivity index (χ0) is 13.2. The third-order valence-electron chi connectivity index (χ3n) is 2.65. The number of ether oxygens (including phenoxy) is 1. The van der Waals surface area contributed by atoms with Crippen molar-refractivity contribution in [2.24, 2.45) is 0 Å². The Morgan fingerprint density at radius 2 is 2.26 bits per heavy atom. The molecule has 2 N–H and O–H groups in total. The fourth-order valence-electron chi connectivity index (χ4n) is 1.80. The Hall–Kier alpha value is -2.57. The molecule has 0 aliphatic carbocycles. The number of hydrogen-bond donors (Lipinski definition) is 2. The highest BCUT2D eigenvalue weighted by atomic mass is 16.5. The van der Waals surface area contributed by atoms with Crippen LogP contribution >= 0.6 is 0 Å². The van der Waals surface area contributed by atoms with Crippen LogP contribution in [0.1, 0.15) is 16.2 Å². The van der Waals surface area contributed by atoms with Crippen molar-refractivity contribution in [3.63, 3.8) is 0 Å². The Labute approximate surface area is 109 Å². The molecule has 0 radical (unpaired) electrons. The fraction of sp³-hybridized carbons (Fsp3) is 0.250. The second kappa shape index (κ2) is 4.60. The predicted molar refractivity (Wildman–Crippen MR) is 66.6 cm³/mol. The van der Waals surface area contributed by atoms with Crippen molar-refractivity contribution >= 4 is 17.6 Å². The average molecular weight is 260 g/mol. The summed E-state index contributed by atoms with van der Waals surface area (Å²) in [5, 5.41) is 13.2. The second-order valence-electron chi connectivity index (χ2n) is 4.07. The summed E-state index contributed by atoms with van der Waals surface area (Å²) in [6, 6.07) is 5.51. The molecule has 2 heterocycles. The van der Waals surface area contributed by atoms with Gasteiger partial charge < -0.3 is 19.8 Å². The molecule has 0 atom stereocenters. The summed E-state index contributed by atoms with van der Waals surface area (Å²) in [5.41, 5.74) is 1.17. The van der Waals surface area contributed by atoms with Crippen molar-refractivity contribution in [3.8, 4) is 5.75 Å².